The van der Waals surface area contributed by atoms with Crippen molar-refractivity contribution < 1.29 is 14.3 Å². The number of rotatable bonds is 5. The summed E-state index contributed by atoms with van der Waals surface area (Å²) in [6, 6.07) is 14.5. The van der Waals surface area contributed by atoms with Crippen LogP contribution in [0.3, 0.4) is 0 Å². The van der Waals surface area contributed by atoms with Crippen LogP contribution in [0.2, 0.25) is 0 Å². The lowest BCUT2D eigenvalue weighted by molar-refractivity contribution is -0.122. The average Bonchev–Trinajstić information content (AvgIpc) is 2.99. The zero-order valence-electron chi connectivity index (χ0n) is 16.0. The minimum absolute atomic E-state index is 0.0284. The lowest BCUT2D eigenvalue weighted by Gasteiger charge is -2.22. The molecular formula is C22H25BrN2O3. The van der Waals surface area contributed by atoms with Crippen molar-refractivity contribution in [3.05, 3.63) is 58.6 Å². The number of para-hydroxylation sites is 1. The molecule has 1 saturated heterocycles. The van der Waals surface area contributed by atoms with Gasteiger partial charge in [-0.25, -0.2) is 0 Å². The average molecular weight is 445 g/mol. The van der Waals surface area contributed by atoms with E-state index in [0.717, 1.165) is 43.2 Å². The van der Waals surface area contributed by atoms with Gasteiger partial charge in [0.25, 0.3) is 11.8 Å². The Labute approximate surface area is 174 Å². The van der Waals surface area contributed by atoms with Gasteiger partial charge in [0.15, 0.2) is 6.10 Å². The lowest BCUT2D eigenvalue weighted by Crippen LogP contribution is -2.34. The molecule has 2 amide bonds. The summed E-state index contributed by atoms with van der Waals surface area (Å²) in [4.78, 5) is 27.5. The van der Waals surface area contributed by atoms with Crippen LogP contribution in [0.25, 0.3) is 0 Å². The maximum Gasteiger partial charge on any atom is 0.265 e. The van der Waals surface area contributed by atoms with Crippen LogP contribution in [-0.2, 0) is 4.79 Å². The Hall–Kier alpha value is -2.34. The van der Waals surface area contributed by atoms with Crippen LogP contribution >= 0.6 is 15.9 Å². The van der Waals surface area contributed by atoms with Crippen molar-refractivity contribution in [2.75, 3.05) is 18.4 Å². The van der Waals surface area contributed by atoms with E-state index in [1.165, 1.54) is 0 Å². The number of ether oxygens (including phenoxy) is 1. The fourth-order valence-electron chi connectivity index (χ4n) is 3.23. The zero-order valence-corrected chi connectivity index (χ0v) is 17.6. The summed E-state index contributed by atoms with van der Waals surface area (Å²) in [5, 5.41) is 2.86. The Morgan fingerprint density at radius 2 is 1.64 bits per heavy atom. The first-order valence-electron chi connectivity index (χ1n) is 9.66. The number of hydrogen-bond donors (Lipinski definition) is 1. The zero-order chi connectivity index (χ0) is 19.9. The number of likely N-dealkylation sites (tertiary alicyclic amines) is 1. The molecule has 0 spiro atoms. The predicted octanol–water partition coefficient (Wildman–Crippen LogP) is 4.87. The molecule has 1 unspecified atom stereocenters. The standard InChI is InChI=1S/C22H25BrN2O3/c1-16(28-18-12-10-17(23)11-13-18)21(26)24-20-9-5-4-8-19(20)22(27)25-14-6-2-3-7-15-25/h4-5,8-13,16H,2-3,6-7,14-15H2,1H3,(H,24,26). The third-order valence-corrected chi connectivity index (χ3v) is 5.33. The molecule has 1 aliphatic heterocycles. The molecule has 2 aromatic carbocycles. The Bertz CT molecular complexity index is 815. The highest BCUT2D eigenvalue weighted by Crippen LogP contribution is 2.21. The third-order valence-electron chi connectivity index (χ3n) is 4.80. The highest BCUT2D eigenvalue weighted by Gasteiger charge is 2.22. The molecule has 5 nitrogen and oxygen atoms in total. The molecule has 3 rings (SSSR count). The molecule has 0 bridgehead atoms. The molecule has 1 aliphatic rings. The van der Waals surface area contributed by atoms with Gasteiger partial charge >= 0.3 is 0 Å². The molecule has 1 heterocycles. The highest BCUT2D eigenvalue weighted by molar-refractivity contribution is 9.10. The fraction of sp³-hybridized carbons (Fsp3) is 0.364. The van der Waals surface area contributed by atoms with Gasteiger partial charge in [0, 0.05) is 17.6 Å². The SMILES string of the molecule is CC(Oc1ccc(Br)cc1)C(=O)Nc1ccccc1C(=O)N1CCCCCC1. The van der Waals surface area contributed by atoms with Crippen molar-refractivity contribution in [2.45, 2.75) is 38.7 Å². The van der Waals surface area contributed by atoms with Crippen molar-refractivity contribution in [1.29, 1.82) is 0 Å². The van der Waals surface area contributed by atoms with Crippen LogP contribution in [0, 0.1) is 0 Å². The van der Waals surface area contributed by atoms with Crippen molar-refractivity contribution in [3.63, 3.8) is 0 Å². The summed E-state index contributed by atoms with van der Waals surface area (Å²) in [5.74, 6) is 0.290. The van der Waals surface area contributed by atoms with Crippen LogP contribution in [0.15, 0.2) is 53.0 Å². The highest BCUT2D eigenvalue weighted by atomic mass is 79.9. The van der Waals surface area contributed by atoms with Gasteiger partial charge in [-0.1, -0.05) is 40.9 Å². The molecule has 1 fully saturated rings. The quantitative estimate of drug-likeness (QED) is 0.715. The van der Waals surface area contributed by atoms with Crippen LogP contribution in [0.5, 0.6) is 5.75 Å². The number of nitrogens with one attached hydrogen (secondary N) is 1. The maximum atomic E-state index is 13.0. The number of carbonyl (C=O) groups is 2. The number of benzene rings is 2. The van der Waals surface area contributed by atoms with Crippen molar-refractivity contribution in [3.8, 4) is 5.75 Å². The summed E-state index contributed by atoms with van der Waals surface area (Å²) in [5.41, 5.74) is 1.04. The molecule has 0 radical (unpaired) electrons. The molecule has 1 atom stereocenters. The topological polar surface area (TPSA) is 58.6 Å². The van der Waals surface area contributed by atoms with E-state index in [1.807, 2.05) is 29.2 Å². The second-order valence-corrected chi connectivity index (χ2v) is 7.87. The van der Waals surface area contributed by atoms with E-state index in [0.29, 0.717) is 17.0 Å². The number of nitrogens with zero attached hydrogens (tertiary/aromatic N) is 1. The van der Waals surface area contributed by atoms with Gasteiger partial charge < -0.3 is 15.0 Å². The van der Waals surface area contributed by atoms with Crippen molar-refractivity contribution >= 4 is 33.4 Å². The van der Waals surface area contributed by atoms with Gasteiger partial charge in [-0.05, 0) is 56.2 Å². The molecule has 148 valence electrons. The molecular weight excluding hydrogens is 420 g/mol. The van der Waals surface area contributed by atoms with Crippen molar-refractivity contribution in [1.82, 2.24) is 4.90 Å². The largest absolute Gasteiger partial charge is 0.481 e. The van der Waals surface area contributed by atoms with Gasteiger partial charge in [0.2, 0.25) is 0 Å². The first-order chi connectivity index (χ1) is 13.5. The minimum Gasteiger partial charge on any atom is -0.481 e. The molecule has 0 aromatic heterocycles. The fourth-order valence-corrected chi connectivity index (χ4v) is 3.49. The van der Waals surface area contributed by atoms with Gasteiger partial charge in [-0.15, -0.1) is 0 Å². The molecule has 1 N–H and O–H groups in total. The molecule has 2 aromatic rings. The van der Waals surface area contributed by atoms with E-state index >= 15 is 0 Å². The first kappa shape index (κ1) is 20.4. The monoisotopic (exact) mass is 444 g/mol. The lowest BCUT2D eigenvalue weighted by atomic mass is 10.1. The second-order valence-electron chi connectivity index (χ2n) is 6.96. The van der Waals surface area contributed by atoms with Crippen LogP contribution in [-0.4, -0.2) is 35.9 Å². The summed E-state index contributed by atoms with van der Waals surface area (Å²) in [7, 11) is 0. The van der Waals surface area contributed by atoms with Crippen LogP contribution in [0.1, 0.15) is 43.0 Å². The van der Waals surface area contributed by atoms with E-state index in [-0.39, 0.29) is 11.8 Å². The third kappa shape index (κ3) is 5.35. The van der Waals surface area contributed by atoms with E-state index in [1.54, 1.807) is 31.2 Å². The predicted molar refractivity (Wildman–Crippen MR) is 114 cm³/mol. The summed E-state index contributed by atoms with van der Waals surface area (Å²) < 4.78 is 6.65. The second kappa shape index (κ2) is 9.73. The van der Waals surface area contributed by atoms with E-state index in [9.17, 15) is 9.59 Å². The minimum atomic E-state index is -0.692. The molecule has 28 heavy (non-hydrogen) atoms. The van der Waals surface area contributed by atoms with E-state index in [2.05, 4.69) is 21.2 Å². The molecule has 0 saturated carbocycles. The number of halogens is 1. The Morgan fingerprint density at radius 1 is 1.00 bits per heavy atom. The smallest absolute Gasteiger partial charge is 0.265 e. The number of hydrogen-bond acceptors (Lipinski definition) is 3. The normalized spacial score (nSPS) is 15.4. The summed E-state index contributed by atoms with van der Waals surface area (Å²) in [6.45, 7) is 3.23. The molecule has 6 heteroatoms. The number of amides is 2. The van der Waals surface area contributed by atoms with E-state index < -0.39 is 6.10 Å². The Balaban J connectivity index is 1.68. The summed E-state index contributed by atoms with van der Waals surface area (Å²) >= 11 is 3.37. The Kier molecular flexibility index (Phi) is 7.09. The Morgan fingerprint density at radius 3 is 2.32 bits per heavy atom. The van der Waals surface area contributed by atoms with Gasteiger partial charge in [-0.2, -0.15) is 0 Å². The maximum absolute atomic E-state index is 13.0. The molecule has 0 aliphatic carbocycles. The number of anilines is 1. The number of carbonyl (C=O) groups excluding carboxylic acids is 2. The summed E-state index contributed by atoms with van der Waals surface area (Å²) in [6.07, 6.45) is 3.68. The first-order valence-corrected chi connectivity index (χ1v) is 10.5. The van der Waals surface area contributed by atoms with Gasteiger partial charge in [0.1, 0.15) is 5.75 Å². The van der Waals surface area contributed by atoms with E-state index in [4.69, 9.17) is 4.74 Å². The van der Waals surface area contributed by atoms with Crippen LogP contribution in [0.4, 0.5) is 5.69 Å². The van der Waals surface area contributed by atoms with Crippen molar-refractivity contribution in [2.24, 2.45) is 0 Å². The van der Waals surface area contributed by atoms with Gasteiger partial charge in [-0.3, -0.25) is 9.59 Å². The van der Waals surface area contributed by atoms with Crippen LogP contribution < -0.4 is 10.1 Å². The van der Waals surface area contributed by atoms with Gasteiger partial charge in [0.05, 0.1) is 11.3 Å².